The van der Waals surface area contributed by atoms with E-state index in [9.17, 15) is 0 Å². The molecular formula is C16H27ClN2O. The summed E-state index contributed by atoms with van der Waals surface area (Å²) >= 11 is 6.39. The molecule has 1 aromatic rings. The predicted molar refractivity (Wildman–Crippen MR) is 87.8 cm³/mol. The molecule has 3 nitrogen and oxygen atoms in total. The van der Waals surface area contributed by atoms with Crippen molar-refractivity contribution >= 4 is 17.3 Å². The minimum Gasteiger partial charge on any atom is -0.385 e. The van der Waals surface area contributed by atoms with E-state index in [1.165, 1.54) is 5.56 Å². The van der Waals surface area contributed by atoms with E-state index in [0.717, 1.165) is 36.8 Å². The number of para-hydroxylation sites is 1. The zero-order valence-corrected chi connectivity index (χ0v) is 14.0. The van der Waals surface area contributed by atoms with Gasteiger partial charge in [-0.1, -0.05) is 23.7 Å². The van der Waals surface area contributed by atoms with Crippen molar-refractivity contribution in [3.63, 3.8) is 0 Å². The van der Waals surface area contributed by atoms with Gasteiger partial charge in [0, 0.05) is 39.4 Å². The van der Waals surface area contributed by atoms with Crippen molar-refractivity contribution in [2.24, 2.45) is 0 Å². The van der Waals surface area contributed by atoms with Gasteiger partial charge >= 0.3 is 0 Å². The Morgan fingerprint density at radius 2 is 2.00 bits per heavy atom. The van der Waals surface area contributed by atoms with Crippen LogP contribution in [0.4, 0.5) is 5.69 Å². The van der Waals surface area contributed by atoms with Gasteiger partial charge in [-0.25, -0.2) is 0 Å². The lowest BCUT2D eigenvalue weighted by molar-refractivity contribution is 0.196. The zero-order chi connectivity index (χ0) is 15.2. The van der Waals surface area contributed by atoms with E-state index in [1.54, 1.807) is 7.11 Å². The van der Waals surface area contributed by atoms with Gasteiger partial charge in [-0.2, -0.15) is 0 Å². The minimum atomic E-state index is 0.0915. The molecule has 114 valence electrons. The molecule has 0 saturated heterocycles. The molecule has 1 rings (SSSR count). The molecule has 0 saturated carbocycles. The summed E-state index contributed by atoms with van der Waals surface area (Å²) in [6.07, 6.45) is 0.990. The third-order valence-electron chi connectivity index (χ3n) is 3.10. The van der Waals surface area contributed by atoms with Crippen LogP contribution in [0.15, 0.2) is 18.2 Å². The van der Waals surface area contributed by atoms with Gasteiger partial charge in [0.2, 0.25) is 0 Å². The normalized spacial score (nSPS) is 11.7. The molecule has 1 aromatic carbocycles. The molecule has 0 fully saturated rings. The van der Waals surface area contributed by atoms with Crippen molar-refractivity contribution in [2.75, 3.05) is 32.2 Å². The predicted octanol–water partition coefficient (Wildman–Crippen LogP) is 3.70. The third-order valence-corrected chi connectivity index (χ3v) is 3.41. The Kier molecular flexibility index (Phi) is 6.80. The van der Waals surface area contributed by atoms with Crippen LogP contribution in [0, 0.1) is 0 Å². The van der Waals surface area contributed by atoms with Crippen LogP contribution >= 0.6 is 11.6 Å². The summed E-state index contributed by atoms with van der Waals surface area (Å²) in [5.74, 6) is 0. The Hall–Kier alpha value is -0.770. The van der Waals surface area contributed by atoms with Crippen molar-refractivity contribution in [2.45, 2.75) is 39.3 Å². The molecule has 0 atom stereocenters. The first-order chi connectivity index (χ1) is 9.35. The maximum atomic E-state index is 6.39. The van der Waals surface area contributed by atoms with E-state index in [0.29, 0.717) is 0 Å². The number of benzene rings is 1. The molecule has 1 N–H and O–H groups in total. The number of rotatable bonds is 7. The number of nitrogens with one attached hydrogen (secondary N) is 1. The van der Waals surface area contributed by atoms with E-state index in [-0.39, 0.29) is 5.54 Å². The molecule has 0 aliphatic carbocycles. The molecule has 0 aromatic heterocycles. The fourth-order valence-electron chi connectivity index (χ4n) is 2.05. The Morgan fingerprint density at radius 3 is 2.60 bits per heavy atom. The highest BCUT2D eigenvalue weighted by Gasteiger charge is 2.14. The Morgan fingerprint density at radius 1 is 1.30 bits per heavy atom. The Balaban J connectivity index is 2.82. The van der Waals surface area contributed by atoms with E-state index >= 15 is 0 Å². The van der Waals surface area contributed by atoms with Crippen LogP contribution in [0.25, 0.3) is 0 Å². The van der Waals surface area contributed by atoms with E-state index in [2.05, 4.69) is 44.1 Å². The van der Waals surface area contributed by atoms with Crippen molar-refractivity contribution in [3.05, 3.63) is 28.8 Å². The lowest BCUT2D eigenvalue weighted by atomic mass is 10.1. The summed E-state index contributed by atoms with van der Waals surface area (Å²) in [5.41, 5.74) is 2.43. The number of hydrogen-bond acceptors (Lipinski definition) is 3. The average molecular weight is 299 g/mol. The largest absolute Gasteiger partial charge is 0.385 e. The summed E-state index contributed by atoms with van der Waals surface area (Å²) in [5, 5.41) is 4.32. The molecule has 0 bridgehead atoms. The summed E-state index contributed by atoms with van der Waals surface area (Å²) in [6.45, 7) is 9.01. The van der Waals surface area contributed by atoms with Crippen LogP contribution in [0.5, 0.6) is 0 Å². The molecule has 0 radical (unpaired) electrons. The molecule has 4 heteroatoms. The van der Waals surface area contributed by atoms with Crippen molar-refractivity contribution in [3.8, 4) is 0 Å². The van der Waals surface area contributed by atoms with Crippen molar-refractivity contribution in [1.82, 2.24) is 5.32 Å². The maximum absolute atomic E-state index is 6.39. The molecular weight excluding hydrogens is 272 g/mol. The van der Waals surface area contributed by atoms with Crippen LogP contribution in [0.2, 0.25) is 5.02 Å². The molecule has 0 amide bonds. The minimum absolute atomic E-state index is 0.0915. The fourth-order valence-corrected chi connectivity index (χ4v) is 2.39. The van der Waals surface area contributed by atoms with Crippen LogP contribution in [0.3, 0.4) is 0 Å². The molecule has 0 aliphatic heterocycles. The van der Waals surface area contributed by atoms with Crippen LogP contribution in [-0.2, 0) is 11.3 Å². The first-order valence-corrected chi connectivity index (χ1v) is 7.45. The summed E-state index contributed by atoms with van der Waals surface area (Å²) in [6, 6.07) is 6.09. The number of hydrogen-bond donors (Lipinski definition) is 1. The Labute approximate surface area is 128 Å². The van der Waals surface area contributed by atoms with Gasteiger partial charge in [-0.3, -0.25) is 0 Å². The molecule has 20 heavy (non-hydrogen) atoms. The quantitative estimate of drug-likeness (QED) is 0.777. The second-order valence-corrected chi connectivity index (χ2v) is 6.53. The number of ether oxygens (including phenoxy) is 1. The average Bonchev–Trinajstić information content (AvgIpc) is 2.35. The highest BCUT2D eigenvalue weighted by molar-refractivity contribution is 6.33. The standard InChI is InChI=1S/C16H27ClN2O/c1-16(2,3)18-12-13-8-6-9-14(17)15(13)19(4)10-7-11-20-5/h6,8-9,18H,7,10-12H2,1-5H3. The molecule has 0 unspecified atom stereocenters. The fraction of sp³-hybridized carbons (Fsp3) is 0.625. The van der Waals surface area contributed by atoms with Gasteiger partial charge in [-0.15, -0.1) is 0 Å². The number of methoxy groups -OCH3 is 1. The number of nitrogens with zero attached hydrogens (tertiary/aromatic N) is 1. The summed E-state index contributed by atoms with van der Waals surface area (Å²) < 4.78 is 5.11. The summed E-state index contributed by atoms with van der Waals surface area (Å²) in [7, 11) is 3.81. The van der Waals surface area contributed by atoms with Gasteiger partial charge in [0.25, 0.3) is 0 Å². The monoisotopic (exact) mass is 298 g/mol. The maximum Gasteiger partial charge on any atom is 0.0642 e. The van der Waals surface area contributed by atoms with E-state index < -0.39 is 0 Å². The molecule has 0 aliphatic rings. The SMILES string of the molecule is COCCCN(C)c1c(Cl)cccc1CNC(C)(C)C. The van der Waals surface area contributed by atoms with Crippen molar-refractivity contribution < 1.29 is 4.74 Å². The molecule has 0 heterocycles. The molecule has 0 spiro atoms. The van der Waals surface area contributed by atoms with Crippen LogP contribution < -0.4 is 10.2 Å². The first-order valence-electron chi connectivity index (χ1n) is 7.07. The smallest absolute Gasteiger partial charge is 0.0642 e. The highest BCUT2D eigenvalue weighted by Crippen LogP contribution is 2.29. The van der Waals surface area contributed by atoms with E-state index in [4.69, 9.17) is 16.3 Å². The second kappa shape index (κ2) is 7.87. The zero-order valence-electron chi connectivity index (χ0n) is 13.3. The van der Waals surface area contributed by atoms with Gasteiger partial charge in [0.05, 0.1) is 10.7 Å². The highest BCUT2D eigenvalue weighted by atomic mass is 35.5. The van der Waals surface area contributed by atoms with Gasteiger partial charge in [0.15, 0.2) is 0 Å². The third kappa shape index (κ3) is 5.70. The van der Waals surface area contributed by atoms with Crippen LogP contribution in [-0.4, -0.2) is 32.8 Å². The lowest BCUT2D eigenvalue weighted by Crippen LogP contribution is -2.35. The lowest BCUT2D eigenvalue weighted by Gasteiger charge is -2.26. The second-order valence-electron chi connectivity index (χ2n) is 6.12. The first kappa shape index (κ1) is 17.3. The van der Waals surface area contributed by atoms with Crippen LogP contribution in [0.1, 0.15) is 32.8 Å². The number of halogens is 1. The van der Waals surface area contributed by atoms with Gasteiger partial charge in [-0.05, 0) is 38.8 Å². The van der Waals surface area contributed by atoms with Gasteiger partial charge in [0.1, 0.15) is 0 Å². The van der Waals surface area contributed by atoms with E-state index in [1.807, 2.05) is 12.1 Å². The Bertz CT molecular complexity index is 415. The summed E-state index contributed by atoms with van der Waals surface area (Å²) in [4.78, 5) is 2.21. The van der Waals surface area contributed by atoms with Gasteiger partial charge < -0.3 is 15.0 Å². The van der Waals surface area contributed by atoms with Crippen molar-refractivity contribution in [1.29, 1.82) is 0 Å². The number of anilines is 1. The topological polar surface area (TPSA) is 24.5 Å².